The fraction of sp³-hybridized carbons (Fsp3) is 0.435. The molecule has 0 aromatic heterocycles. The number of hydrogen-bond acceptors (Lipinski definition) is 3. The van der Waals surface area contributed by atoms with Crippen molar-refractivity contribution in [3.8, 4) is 0 Å². The lowest BCUT2D eigenvalue weighted by Gasteiger charge is -2.43. The molecule has 1 radical (unpaired) electrons. The van der Waals surface area contributed by atoms with Crippen molar-refractivity contribution in [2.45, 2.75) is 31.2 Å². The normalized spacial score (nSPS) is 25.1. The number of anilines is 2. The Morgan fingerprint density at radius 1 is 0.846 bits per heavy atom. The van der Waals surface area contributed by atoms with E-state index in [0.717, 1.165) is 11.4 Å². The van der Waals surface area contributed by atoms with Gasteiger partial charge in [0.15, 0.2) is 0 Å². The van der Waals surface area contributed by atoms with Gasteiger partial charge in [0.05, 0.1) is 0 Å². The third-order valence-corrected chi connectivity index (χ3v) is 5.96. The van der Waals surface area contributed by atoms with Gasteiger partial charge in [-0.1, -0.05) is 30.3 Å². The van der Waals surface area contributed by atoms with Crippen LogP contribution in [0.4, 0.5) is 11.4 Å². The fourth-order valence-corrected chi connectivity index (χ4v) is 4.39. The van der Waals surface area contributed by atoms with Crippen molar-refractivity contribution in [2.75, 3.05) is 38.5 Å². The van der Waals surface area contributed by atoms with Gasteiger partial charge in [-0.2, -0.15) is 0 Å². The van der Waals surface area contributed by atoms with Gasteiger partial charge in [-0.25, -0.2) is 0 Å². The predicted molar refractivity (Wildman–Crippen MR) is 110 cm³/mol. The van der Waals surface area contributed by atoms with Crippen LogP contribution in [0, 0.1) is 6.42 Å². The lowest BCUT2D eigenvalue weighted by Crippen LogP contribution is -2.51. The van der Waals surface area contributed by atoms with E-state index in [2.05, 4.69) is 77.1 Å². The first-order valence-corrected chi connectivity index (χ1v) is 9.96. The highest BCUT2D eigenvalue weighted by Gasteiger charge is 2.32. The molecule has 0 spiro atoms. The van der Waals surface area contributed by atoms with Crippen LogP contribution >= 0.6 is 0 Å². The zero-order valence-electron chi connectivity index (χ0n) is 15.8. The van der Waals surface area contributed by atoms with Crippen LogP contribution in [0.3, 0.4) is 0 Å². The van der Waals surface area contributed by atoms with E-state index in [0.29, 0.717) is 12.0 Å². The number of rotatable bonds is 4. The van der Waals surface area contributed by atoms with Crippen molar-refractivity contribution in [1.29, 1.82) is 0 Å². The van der Waals surface area contributed by atoms with E-state index in [1.54, 1.807) is 0 Å². The largest absolute Gasteiger partial charge is 0.356 e. The number of piperazine rings is 1. The van der Waals surface area contributed by atoms with Crippen molar-refractivity contribution in [1.82, 2.24) is 9.80 Å². The van der Waals surface area contributed by atoms with E-state index in [1.165, 1.54) is 51.0 Å². The topological polar surface area (TPSA) is 18.5 Å². The fourth-order valence-electron chi connectivity index (χ4n) is 4.39. The van der Waals surface area contributed by atoms with Crippen molar-refractivity contribution < 1.29 is 0 Å². The zero-order valence-corrected chi connectivity index (χ0v) is 15.8. The van der Waals surface area contributed by atoms with Gasteiger partial charge in [-0.3, -0.25) is 4.90 Å². The van der Waals surface area contributed by atoms with Gasteiger partial charge >= 0.3 is 0 Å². The third-order valence-electron chi connectivity index (χ3n) is 5.96. The molecular formula is C23H30N3. The van der Waals surface area contributed by atoms with Crippen LogP contribution in [0.2, 0.25) is 0 Å². The lowest BCUT2D eigenvalue weighted by atomic mass is 9.79. The summed E-state index contributed by atoms with van der Waals surface area (Å²) in [5.74, 6) is 0.637. The Morgan fingerprint density at radius 2 is 1.54 bits per heavy atom. The molecule has 1 saturated carbocycles. The summed E-state index contributed by atoms with van der Waals surface area (Å²) in [5.41, 5.74) is 3.79. The van der Waals surface area contributed by atoms with Crippen molar-refractivity contribution in [2.24, 2.45) is 0 Å². The Balaban J connectivity index is 1.46. The molecule has 2 atom stereocenters. The van der Waals surface area contributed by atoms with Crippen LogP contribution in [0.1, 0.15) is 30.7 Å². The summed E-state index contributed by atoms with van der Waals surface area (Å²) in [5, 5.41) is 3.49. The Hall–Kier alpha value is -1.84. The summed E-state index contributed by atoms with van der Waals surface area (Å²) >= 11 is 0. The van der Waals surface area contributed by atoms with Gasteiger partial charge in [0.2, 0.25) is 0 Å². The van der Waals surface area contributed by atoms with E-state index < -0.39 is 0 Å². The van der Waals surface area contributed by atoms with Crippen molar-refractivity contribution in [3.63, 3.8) is 0 Å². The SMILES string of the molecule is CN1CCN(C2CC[CH]CC2c2ccc(Nc3ccccc3)cc2)CC1. The quantitative estimate of drug-likeness (QED) is 0.876. The molecule has 2 aromatic carbocycles. The van der Waals surface area contributed by atoms with Gasteiger partial charge in [-0.05, 0) is 68.5 Å². The van der Waals surface area contributed by atoms with Gasteiger partial charge in [-0.15, -0.1) is 0 Å². The maximum atomic E-state index is 3.49. The molecule has 1 aliphatic heterocycles. The zero-order chi connectivity index (χ0) is 17.8. The predicted octanol–water partition coefficient (Wildman–Crippen LogP) is 4.52. The molecule has 3 heteroatoms. The average molecular weight is 349 g/mol. The first-order valence-electron chi connectivity index (χ1n) is 9.96. The number of likely N-dealkylation sites (N-methyl/N-ethyl adjacent to an activating group) is 1. The molecule has 1 heterocycles. The lowest BCUT2D eigenvalue weighted by molar-refractivity contribution is 0.0854. The second kappa shape index (κ2) is 8.24. The number of nitrogens with zero attached hydrogens (tertiary/aromatic N) is 2. The van der Waals surface area contributed by atoms with Crippen LogP contribution in [-0.2, 0) is 0 Å². The molecule has 1 N–H and O–H groups in total. The standard InChI is InChI=1S/C23H30N3/c1-25-15-17-26(18-16-25)23-10-6-5-9-22(23)19-11-13-21(14-12-19)24-20-7-3-2-4-8-20/h2-5,7-8,11-14,22-24H,6,9-10,15-18H2,1H3. The summed E-state index contributed by atoms with van der Waals surface area (Å²) in [6, 6.07) is 20.2. The molecule has 1 aliphatic carbocycles. The monoisotopic (exact) mass is 348 g/mol. The van der Waals surface area contributed by atoms with E-state index in [4.69, 9.17) is 0 Å². The van der Waals surface area contributed by atoms with Gasteiger partial charge in [0, 0.05) is 43.6 Å². The average Bonchev–Trinajstić information content (AvgIpc) is 2.70. The maximum absolute atomic E-state index is 3.49. The van der Waals surface area contributed by atoms with Crippen molar-refractivity contribution in [3.05, 3.63) is 66.6 Å². The van der Waals surface area contributed by atoms with E-state index in [-0.39, 0.29) is 0 Å². The molecule has 26 heavy (non-hydrogen) atoms. The summed E-state index contributed by atoms with van der Waals surface area (Å²) in [6.07, 6.45) is 6.27. The van der Waals surface area contributed by atoms with E-state index in [9.17, 15) is 0 Å². The van der Waals surface area contributed by atoms with Crippen LogP contribution in [0.5, 0.6) is 0 Å². The van der Waals surface area contributed by atoms with Crippen LogP contribution < -0.4 is 5.32 Å². The van der Waals surface area contributed by atoms with Gasteiger partial charge < -0.3 is 10.2 Å². The highest BCUT2D eigenvalue weighted by Crippen LogP contribution is 2.36. The molecule has 3 nitrogen and oxygen atoms in total. The third kappa shape index (κ3) is 4.11. The summed E-state index contributed by atoms with van der Waals surface area (Å²) in [6.45, 7) is 4.83. The highest BCUT2D eigenvalue weighted by molar-refractivity contribution is 5.59. The maximum Gasteiger partial charge on any atom is 0.0384 e. The molecule has 4 rings (SSSR count). The molecule has 137 valence electrons. The Kier molecular flexibility index (Phi) is 5.57. The minimum absolute atomic E-state index is 0.637. The number of benzene rings is 2. The Morgan fingerprint density at radius 3 is 2.27 bits per heavy atom. The van der Waals surface area contributed by atoms with E-state index >= 15 is 0 Å². The molecule has 1 saturated heterocycles. The number of hydrogen-bond donors (Lipinski definition) is 1. The molecule has 2 aromatic rings. The smallest absolute Gasteiger partial charge is 0.0384 e. The summed E-state index contributed by atoms with van der Waals surface area (Å²) < 4.78 is 0. The highest BCUT2D eigenvalue weighted by atomic mass is 15.3. The molecule has 2 unspecified atom stereocenters. The van der Waals surface area contributed by atoms with E-state index in [1.807, 2.05) is 6.07 Å². The molecule has 2 fully saturated rings. The first kappa shape index (κ1) is 17.6. The molecule has 0 amide bonds. The van der Waals surface area contributed by atoms with Gasteiger partial charge in [0.1, 0.15) is 0 Å². The molecule has 0 bridgehead atoms. The second-order valence-corrected chi connectivity index (χ2v) is 7.73. The van der Waals surface area contributed by atoms with Crippen LogP contribution in [0.25, 0.3) is 0 Å². The minimum atomic E-state index is 0.637. The minimum Gasteiger partial charge on any atom is -0.356 e. The number of nitrogens with one attached hydrogen (secondary N) is 1. The van der Waals surface area contributed by atoms with Gasteiger partial charge in [0.25, 0.3) is 0 Å². The first-order chi connectivity index (χ1) is 12.8. The van der Waals surface area contributed by atoms with Crippen molar-refractivity contribution >= 4 is 11.4 Å². The second-order valence-electron chi connectivity index (χ2n) is 7.73. The molecular weight excluding hydrogens is 318 g/mol. The van der Waals surface area contributed by atoms with Crippen LogP contribution in [-0.4, -0.2) is 49.1 Å². The Labute approximate surface area is 158 Å². The van der Waals surface area contributed by atoms with Crippen LogP contribution in [0.15, 0.2) is 54.6 Å². The summed E-state index contributed by atoms with van der Waals surface area (Å²) in [7, 11) is 2.24. The molecule has 2 aliphatic rings. The Bertz CT molecular complexity index is 674. The summed E-state index contributed by atoms with van der Waals surface area (Å²) in [4.78, 5) is 5.19. The number of para-hydroxylation sites is 1.